The second kappa shape index (κ2) is 9.87. The number of anilines is 1. The molecule has 8 heteroatoms. The van der Waals surface area contributed by atoms with Crippen molar-refractivity contribution in [1.29, 1.82) is 0 Å². The zero-order valence-electron chi connectivity index (χ0n) is 21.6. The molecule has 0 aliphatic carbocycles. The molecule has 0 saturated carbocycles. The van der Waals surface area contributed by atoms with Gasteiger partial charge in [0.1, 0.15) is 0 Å². The van der Waals surface area contributed by atoms with Gasteiger partial charge in [0.05, 0.1) is 16.6 Å². The first-order chi connectivity index (χ1) is 18.5. The van der Waals surface area contributed by atoms with E-state index in [-0.39, 0.29) is 11.5 Å². The molecule has 1 fully saturated rings. The van der Waals surface area contributed by atoms with Crippen LogP contribution in [0.2, 0.25) is 0 Å². The molecule has 2 aromatic heterocycles. The second-order valence-corrected chi connectivity index (χ2v) is 10.2. The number of nitrogens with zero attached hydrogens (tertiary/aromatic N) is 4. The van der Waals surface area contributed by atoms with E-state index in [1.807, 2.05) is 72.3 Å². The molecule has 1 saturated heterocycles. The Labute approximate surface area is 220 Å². The van der Waals surface area contributed by atoms with Crippen LogP contribution in [0, 0.1) is 12.8 Å². The normalized spacial score (nSPS) is 14.8. The fraction of sp³-hybridized carbons (Fsp3) is 0.267. The first kappa shape index (κ1) is 24.1. The minimum atomic E-state index is -0.233. The summed E-state index contributed by atoms with van der Waals surface area (Å²) in [5.41, 5.74) is 4.41. The third-order valence-electron chi connectivity index (χ3n) is 7.58. The summed E-state index contributed by atoms with van der Waals surface area (Å²) in [4.78, 5) is 28.0. The number of hydrogen-bond acceptors (Lipinski definition) is 5. The number of aromatic amines is 1. The molecule has 0 atom stereocenters. The summed E-state index contributed by atoms with van der Waals surface area (Å²) in [5.74, 6) is 0.321. The van der Waals surface area contributed by atoms with Crippen molar-refractivity contribution >= 4 is 33.3 Å². The number of carbonyl (C=O) groups is 1. The van der Waals surface area contributed by atoms with Crippen LogP contribution >= 0.6 is 0 Å². The Balaban J connectivity index is 1.27. The van der Waals surface area contributed by atoms with E-state index in [2.05, 4.69) is 27.5 Å². The lowest BCUT2D eigenvalue weighted by Crippen LogP contribution is -2.32. The van der Waals surface area contributed by atoms with Gasteiger partial charge in [-0.1, -0.05) is 42.5 Å². The van der Waals surface area contributed by atoms with Crippen molar-refractivity contribution < 1.29 is 4.79 Å². The number of aromatic nitrogens is 4. The summed E-state index contributed by atoms with van der Waals surface area (Å²) in [6, 6.07) is 21.1. The third kappa shape index (κ3) is 4.48. The van der Waals surface area contributed by atoms with Crippen LogP contribution in [0.25, 0.3) is 32.9 Å². The van der Waals surface area contributed by atoms with Crippen molar-refractivity contribution in [3.63, 3.8) is 0 Å². The molecule has 3 aromatic carbocycles. The van der Waals surface area contributed by atoms with Crippen LogP contribution in [0.1, 0.15) is 28.9 Å². The molecule has 5 aromatic rings. The van der Waals surface area contributed by atoms with Gasteiger partial charge in [0.25, 0.3) is 11.5 Å². The van der Waals surface area contributed by atoms with Crippen LogP contribution in [-0.2, 0) is 6.54 Å². The largest absolute Gasteiger partial charge is 0.321 e. The highest BCUT2D eigenvalue weighted by molar-refractivity contribution is 6.11. The maximum Gasteiger partial charge on any atom is 0.276 e. The molecule has 2 N–H and O–H groups in total. The lowest BCUT2D eigenvalue weighted by molar-refractivity contribution is 0.102. The van der Waals surface area contributed by atoms with Crippen LogP contribution in [0.5, 0.6) is 0 Å². The number of aryl methyl sites for hydroxylation is 1. The first-order valence-electron chi connectivity index (χ1n) is 13.0. The summed E-state index contributed by atoms with van der Waals surface area (Å²) in [6.07, 6.45) is 2.27. The summed E-state index contributed by atoms with van der Waals surface area (Å²) in [7, 11) is 2.16. The molecule has 6 rings (SSSR count). The quantitative estimate of drug-likeness (QED) is 0.356. The average Bonchev–Trinajstić information content (AvgIpc) is 3.29. The molecule has 0 radical (unpaired) electrons. The molecular formula is C30H30N6O2. The molecule has 0 unspecified atom stereocenters. The molecule has 1 aliphatic rings. The summed E-state index contributed by atoms with van der Waals surface area (Å²) < 4.78 is 2.00. The van der Waals surface area contributed by atoms with E-state index < -0.39 is 0 Å². The number of hydrogen-bond donors (Lipinski definition) is 2. The number of likely N-dealkylation sites (tertiary alicyclic amines) is 1. The van der Waals surface area contributed by atoms with E-state index >= 15 is 0 Å². The summed E-state index contributed by atoms with van der Waals surface area (Å²) in [5, 5.41) is 17.0. The number of amides is 1. The molecule has 0 bridgehead atoms. The Bertz CT molecular complexity index is 1710. The zero-order chi connectivity index (χ0) is 26.2. The van der Waals surface area contributed by atoms with Crippen molar-refractivity contribution in [2.45, 2.75) is 26.3 Å². The molecule has 8 nitrogen and oxygen atoms in total. The smallest absolute Gasteiger partial charge is 0.276 e. The van der Waals surface area contributed by atoms with Crippen LogP contribution in [0.15, 0.2) is 71.5 Å². The molecule has 1 aliphatic heterocycles. The highest BCUT2D eigenvalue weighted by Crippen LogP contribution is 2.29. The minimum Gasteiger partial charge on any atom is -0.321 e. The lowest BCUT2D eigenvalue weighted by Gasteiger charge is -2.28. The van der Waals surface area contributed by atoms with E-state index in [4.69, 9.17) is 5.10 Å². The van der Waals surface area contributed by atoms with Crippen molar-refractivity contribution in [3.8, 4) is 11.3 Å². The van der Waals surface area contributed by atoms with Gasteiger partial charge in [-0.05, 0) is 75.6 Å². The number of fused-ring (bicyclic) bond motifs is 2. The van der Waals surface area contributed by atoms with E-state index in [0.29, 0.717) is 28.4 Å². The van der Waals surface area contributed by atoms with E-state index in [1.54, 1.807) is 6.07 Å². The van der Waals surface area contributed by atoms with Crippen molar-refractivity contribution in [1.82, 2.24) is 24.9 Å². The van der Waals surface area contributed by atoms with Gasteiger partial charge in [-0.25, -0.2) is 5.10 Å². The Morgan fingerprint density at radius 3 is 2.47 bits per heavy atom. The summed E-state index contributed by atoms with van der Waals surface area (Å²) in [6.45, 7) is 4.97. The maximum atomic E-state index is 13.4. The Morgan fingerprint density at radius 1 is 1.00 bits per heavy atom. The zero-order valence-corrected chi connectivity index (χ0v) is 21.6. The van der Waals surface area contributed by atoms with Gasteiger partial charge >= 0.3 is 0 Å². The van der Waals surface area contributed by atoms with E-state index in [9.17, 15) is 9.59 Å². The average molecular weight is 507 g/mol. The monoisotopic (exact) mass is 506 g/mol. The van der Waals surface area contributed by atoms with Crippen molar-refractivity contribution in [2.75, 3.05) is 25.5 Å². The Morgan fingerprint density at radius 2 is 1.71 bits per heavy atom. The predicted molar refractivity (Wildman–Crippen MR) is 150 cm³/mol. The van der Waals surface area contributed by atoms with Crippen LogP contribution in [0.4, 0.5) is 5.69 Å². The number of para-hydroxylation sites is 1. The molecule has 1 amide bonds. The third-order valence-corrected chi connectivity index (χ3v) is 7.58. The molecule has 0 spiro atoms. The number of benzene rings is 3. The van der Waals surface area contributed by atoms with Crippen LogP contribution in [-0.4, -0.2) is 50.9 Å². The van der Waals surface area contributed by atoms with Crippen molar-refractivity contribution in [2.24, 2.45) is 5.92 Å². The number of rotatable bonds is 5. The van der Waals surface area contributed by atoms with Gasteiger partial charge in [0.15, 0.2) is 5.69 Å². The van der Waals surface area contributed by atoms with Gasteiger partial charge in [-0.2, -0.15) is 10.2 Å². The number of H-pyrrole nitrogens is 1. The van der Waals surface area contributed by atoms with E-state index in [0.717, 1.165) is 59.9 Å². The second-order valence-electron chi connectivity index (χ2n) is 10.2. The topological polar surface area (TPSA) is 95.9 Å². The number of nitrogens with one attached hydrogen (secondary N) is 2. The van der Waals surface area contributed by atoms with Crippen molar-refractivity contribution in [3.05, 3.63) is 88.3 Å². The highest BCUT2D eigenvalue weighted by Gasteiger charge is 2.22. The maximum absolute atomic E-state index is 13.4. The van der Waals surface area contributed by atoms with Crippen LogP contribution in [0.3, 0.4) is 0 Å². The molecule has 192 valence electrons. The van der Waals surface area contributed by atoms with Gasteiger partial charge in [-0.3, -0.25) is 14.3 Å². The molecule has 38 heavy (non-hydrogen) atoms. The van der Waals surface area contributed by atoms with Gasteiger partial charge < -0.3 is 10.2 Å². The molecule has 3 heterocycles. The number of carbonyl (C=O) groups excluding carboxylic acids is 1. The fourth-order valence-corrected chi connectivity index (χ4v) is 5.44. The highest BCUT2D eigenvalue weighted by atomic mass is 16.2. The van der Waals surface area contributed by atoms with Gasteiger partial charge in [0, 0.05) is 28.6 Å². The lowest BCUT2D eigenvalue weighted by atomic mass is 9.97. The van der Waals surface area contributed by atoms with E-state index in [1.165, 1.54) is 0 Å². The summed E-state index contributed by atoms with van der Waals surface area (Å²) >= 11 is 0. The SMILES string of the molecule is Cc1cc(NC(=O)c2nn(CC3CCN(C)CC3)c3ccccc23)ccc1-c1n[nH]c(=O)c2ccccc12. The Hall–Kier alpha value is -4.30. The minimum absolute atomic E-state index is 0.214. The standard InChI is InChI=1S/C30H30N6O2/c1-19-17-21(11-12-22(19)27-23-7-3-4-8-24(23)29(37)33-32-27)31-30(38)28-25-9-5-6-10-26(25)36(34-28)18-20-13-15-35(2)16-14-20/h3-12,17,20H,13-16,18H2,1-2H3,(H,31,38)(H,33,37). The molecular weight excluding hydrogens is 476 g/mol. The van der Waals surface area contributed by atoms with Gasteiger partial charge in [-0.15, -0.1) is 0 Å². The number of piperidine rings is 1. The predicted octanol–water partition coefficient (Wildman–Crippen LogP) is 4.84. The Kier molecular flexibility index (Phi) is 6.25. The fourth-order valence-electron chi connectivity index (χ4n) is 5.44. The van der Waals surface area contributed by atoms with Crippen LogP contribution < -0.4 is 10.9 Å². The first-order valence-corrected chi connectivity index (χ1v) is 13.0. The van der Waals surface area contributed by atoms with Gasteiger partial charge in [0.2, 0.25) is 0 Å².